The maximum atomic E-state index is 6.27. The van der Waals surface area contributed by atoms with Gasteiger partial charge in [0, 0.05) is 12.6 Å². The minimum absolute atomic E-state index is 0.555. The molecule has 1 aromatic heterocycles. The van der Waals surface area contributed by atoms with Gasteiger partial charge in [0.1, 0.15) is 5.82 Å². The van der Waals surface area contributed by atoms with Gasteiger partial charge in [-0.1, -0.05) is 57.4 Å². The van der Waals surface area contributed by atoms with Gasteiger partial charge in [0.05, 0.1) is 5.69 Å². The Morgan fingerprint density at radius 2 is 1.90 bits per heavy atom. The van der Waals surface area contributed by atoms with Crippen LogP contribution >= 0.6 is 0 Å². The van der Waals surface area contributed by atoms with Crippen molar-refractivity contribution in [1.82, 2.24) is 9.78 Å². The normalized spacial score (nSPS) is 15.4. The van der Waals surface area contributed by atoms with Crippen LogP contribution in [0.25, 0.3) is 11.1 Å². The SMILES string of the molecule is CC(C)c1ccc(-c2c(CC3CCC3)nn(C)c2N)cc1. The molecule has 21 heavy (non-hydrogen) atoms. The molecule has 1 aliphatic rings. The molecule has 0 atom stereocenters. The number of anilines is 1. The second kappa shape index (κ2) is 5.55. The summed E-state index contributed by atoms with van der Waals surface area (Å²) in [6, 6.07) is 8.79. The number of aryl methyl sites for hydroxylation is 1. The number of benzene rings is 1. The second-order valence-electron chi connectivity index (χ2n) is 6.61. The largest absolute Gasteiger partial charge is 0.383 e. The summed E-state index contributed by atoms with van der Waals surface area (Å²) in [7, 11) is 1.94. The predicted octanol–water partition coefficient (Wildman–Crippen LogP) is 4.14. The van der Waals surface area contributed by atoms with Crippen molar-refractivity contribution in [3.05, 3.63) is 35.5 Å². The molecule has 0 radical (unpaired) electrons. The number of rotatable bonds is 4. The van der Waals surface area contributed by atoms with E-state index in [1.165, 1.54) is 30.4 Å². The fraction of sp³-hybridized carbons (Fsp3) is 0.500. The molecule has 0 spiro atoms. The van der Waals surface area contributed by atoms with Gasteiger partial charge in [0.2, 0.25) is 0 Å². The van der Waals surface area contributed by atoms with E-state index in [1.54, 1.807) is 0 Å². The highest BCUT2D eigenvalue weighted by molar-refractivity contribution is 5.76. The van der Waals surface area contributed by atoms with Crippen molar-refractivity contribution in [2.75, 3.05) is 5.73 Å². The maximum Gasteiger partial charge on any atom is 0.129 e. The van der Waals surface area contributed by atoms with E-state index < -0.39 is 0 Å². The van der Waals surface area contributed by atoms with Gasteiger partial charge in [-0.15, -0.1) is 0 Å². The van der Waals surface area contributed by atoms with Crippen LogP contribution in [0.5, 0.6) is 0 Å². The summed E-state index contributed by atoms with van der Waals surface area (Å²) < 4.78 is 1.82. The van der Waals surface area contributed by atoms with Gasteiger partial charge in [-0.2, -0.15) is 5.10 Å². The lowest BCUT2D eigenvalue weighted by Crippen LogP contribution is -2.14. The van der Waals surface area contributed by atoms with E-state index >= 15 is 0 Å². The van der Waals surface area contributed by atoms with Crippen LogP contribution in [-0.2, 0) is 13.5 Å². The van der Waals surface area contributed by atoms with Gasteiger partial charge in [0.15, 0.2) is 0 Å². The van der Waals surface area contributed by atoms with Crippen molar-refractivity contribution >= 4 is 5.82 Å². The second-order valence-corrected chi connectivity index (χ2v) is 6.61. The molecule has 3 nitrogen and oxygen atoms in total. The Balaban J connectivity index is 1.95. The number of nitrogens with two attached hydrogens (primary N) is 1. The lowest BCUT2D eigenvalue weighted by molar-refractivity contribution is 0.311. The van der Waals surface area contributed by atoms with E-state index in [4.69, 9.17) is 5.73 Å². The third-order valence-electron chi connectivity index (χ3n) is 4.74. The van der Waals surface area contributed by atoms with E-state index in [0.29, 0.717) is 5.92 Å². The molecule has 1 saturated carbocycles. The third kappa shape index (κ3) is 2.69. The first kappa shape index (κ1) is 14.2. The molecule has 1 aromatic carbocycles. The number of hydrogen-bond donors (Lipinski definition) is 1. The highest BCUT2D eigenvalue weighted by Crippen LogP contribution is 2.36. The molecule has 112 valence electrons. The van der Waals surface area contributed by atoms with Gasteiger partial charge < -0.3 is 5.73 Å². The van der Waals surface area contributed by atoms with E-state index in [0.717, 1.165) is 29.4 Å². The van der Waals surface area contributed by atoms with Crippen LogP contribution in [0.2, 0.25) is 0 Å². The molecule has 3 rings (SSSR count). The minimum atomic E-state index is 0.555. The van der Waals surface area contributed by atoms with Crippen molar-refractivity contribution in [2.45, 2.75) is 45.4 Å². The van der Waals surface area contributed by atoms with Crippen molar-refractivity contribution in [2.24, 2.45) is 13.0 Å². The predicted molar refractivity (Wildman–Crippen MR) is 88.2 cm³/mol. The van der Waals surface area contributed by atoms with Crippen molar-refractivity contribution < 1.29 is 0 Å². The average molecular weight is 283 g/mol. The summed E-state index contributed by atoms with van der Waals surface area (Å²) >= 11 is 0. The average Bonchev–Trinajstić information content (AvgIpc) is 2.70. The Bertz CT molecular complexity index is 619. The Morgan fingerprint density at radius 3 is 2.43 bits per heavy atom. The quantitative estimate of drug-likeness (QED) is 0.916. The summed E-state index contributed by atoms with van der Waals surface area (Å²) in [5.41, 5.74) is 11.1. The van der Waals surface area contributed by atoms with E-state index in [2.05, 4.69) is 43.2 Å². The molecule has 0 unspecified atom stereocenters. The summed E-state index contributed by atoms with van der Waals surface area (Å²) in [5, 5.41) is 4.66. The Kier molecular flexibility index (Phi) is 3.75. The Morgan fingerprint density at radius 1 is 1.24 bits per heavy atom. The summed E-state index contributed by atoms with van der Waals surface area (Å²) in [5.74, 6) is 2.13. The Hall–Kier alpha value is -1.77. The van der Waals surface area contributed by atoms with Gasteiger partial charge in [-0.05, 0) is 29.4 Å². The molecule has 1 fully saturated rings. The van der Waals surface area contributed by atoms with Crippen molar-refractivity contribution in [3.8, 4) is 11.1 Å². The fourth-order valence-electron chi connectivity index (χ4n) is 3.06. The zero-order valence-corrected chi connectivity index (χ0v) is 13.3. The van der Waals surface area contributed by atoms with Crippen LogP contribution in [0.1, 0.15) is 50.3 Å². The van der Waals surface area contributed by atoms with Gasteiger partial charge in [-0.3, -0.25) is 4.68 Å². The summed E-state index contributed by atoms with van der Waals surface area (Å²) in [6.45, 7) is 4.44. The number of nitrogens with zero attached hydrogens (tertiary/aromatic N) is 2. The highest BCUT2D eigenvalue weighted by atomic mass is 15.3. The maximum absolute atomic E-state index is 6.27. The first-order chi connectivity index (χ1) is 10.1. The Labute approximate surface area is 127 Å². The molecule has 3 heteroatoms. The van der Waals surface area contributed by atoms with Crippen LogP contribution < -0.4 is 5.73 Å². The summed E-state index contributed by atoms with van der Waals surface area (Å²) in [6.07, 6.45) is 5.10. The van der Waals surface area contributed by atoms with Crippen molar-refractivity contribution in [3.63, 3.8) is 0 Å². The van der Waals surface area contributed by atoms with E-state index in [1.807, 2.05) is 11.7 Å². The van der Waals surface area contributed by atoms with Crippen LogP contribution in [0.4, 0.5) is 5.82 Å². The molecule has 0 amide bonds. The van der Waals surface area contributed by atoms with E-state index in [9.17, 15) is 0 Å². The lowest BCUT2D eigenvalue weighted by atomic mass is 9.81. The minimum Gasteiger partial charge on any atom is -0.383 e. The molecular weight excluding hydrogens is 258 g/mol. The monoisotopic (exact) mass is 283 g/mol. The molecule has 2 aromatic rings. The molecule has 0 saturated heterocycles. The standard InChI is InChI=1S/C18H25N3/c1-12(2)14-7-9-15(10-8-14)17-16(11-13-5-4-6-13)20-21(3)18(17)19/h7-10,12-13H,4-6,11,19H2,1-3H3. The van der Waals surface area contributed by atoms with E-state index in [-0.39, 0.29) is 0 Å². The van der Waals surface area contributed by atoms with Gasteiger partial charge in [0.25, 0.3) is 0 Å². The zero-order chi connectivity index (χ0) is 15.0. The van der Waals surface area contributed by atoms with Gasteiger partial charge in [-0.25, -0.2) is 0 Å². The lowest BCUT2D eigenvalue weighted by Gasteiger charge is -2.24. The molecule has 2 N–H and O–H groups in total. The first-order valence-electron chi connectivity index (χ1n) is 7.98. The topological polar surface area (TPSA) is 43.8 Å². The van der Waals surface area contributed by atoms with Crippen LogP contribution in [0.3, 0.4) is 0 Å². The smallest absolute Gasteiger partial charge is 0.129 e. The summed E-state index contributed by atoms with van der Waals surface area (Å²) in [4.78, 5) is 0. The number of hydrogen-bond acceptors (Lipinski definition) is 2. The first-order valence-corrected chi connectivity index (χ1v) is 7.98. The number of aromatic nitrogens is 2. The number of nitrogen functional groups attached to an aromatic ring is 1. The van der Waals surface area contributed by atoms with Crippen LogP contribution in [0.15, 0.2) is 24.3 Å². The van der Waals surface area contributed by atoms with Crippen molar-refractivity contribution in [1.29, 1.82) is 0 Å². The molecule has 1 aliphatic carbocycles. The fourth-order valence-corrected chi connectivity index (χ4v) is 3.06. The van der Waals surface area contributed by atoms with Crippen LogP contribution in [0, 0.1) is 5.92 Å². The van der Waals surface area contributed by atoms with Crippen LogP contribution in [-0.4, -0.2) is 9.78 Å². The third-order valence-corrected chi connectivity index (χ3v) is 4.74. The molecular formula is C18H25N3. The zero-order valence-electron chi connectivity index (χ0n) is 13.3. The molecule has 1 heterocycles. The van der Waals surface area contributed by atoms with Gasteiger partial charge >= 0.3 is 0 Å². The molecule has 0 bridgehead atoms. The molecule has 0 aliphatic heterocycles. The highest BCUT2D eigenvalue weighted by Gasteiger charge is 2.23.